The van der Waals surface area contributed by atoms with Crippen molar-refractivity contribution in [2.45, 2.75) is 19.4 Å². The van der Waals surface area contributed by atoms with Gasteiger partial charge in [0.15, 0.2) is 0 Å². The Balaban J connectivity index is 2.11. The number of hydrogen-bond acceptors (Lipinski definition) is 2. The van der Waals surface area contributed by atoms with Gasteiger partial charge >= 0.3 is 0 Å². The van der Waals surface area contributed by atoms with E-state index in [2.05, 4.69) is 28.2 Å². The highest BCUT2D eigenvalue weighted by molar-refractivity contribution is 9.10. The maximum atomic E-state index is 5.64. The van der Waals surface area contributed by atoms with Crippen molar-refractivity contribution in [3.63, 3.8) is 0 Å². The quantitative estimate of drug-likeness (QED) is 0.781. The van der Waals surface area contributed by atoms with Gasteiger partial charge in [0.05, 0.1) is 0 Å². The lowest BCUT2D eigenvalue weighted by Crippen LogP contribution is -2.04. The molecule has 3 N–H and O–H groups in total. The van der Waals surface area contributed by atoms with Crippen LogP contribution in [0.3, 0.4) is 0 Å². The Labute approximate surface area is 86.6 Å². The third kappa shape index (κ3) is 1.97. The number of rotatable bonds is 2. The third-order valence-corrected chi connectivity index (χ3v) is 3.10. The molecule has 1 fully saturated rings. The smallest absolute Gasteiger partial charge is 0.0488 e. The van der Waals surface area contributed by atoms with E-state index in [-0.39, 0.29) is 0 Å². The Morgan fingerprint density at radius 2 is 2.23 bits per heavy atom. The van der Waals surface area contributed by atoms with Gasteiger partial charge in [-0.15, -0.1) is 0 Å². The van der Waals surface area contributed by atoms with E-state index in [1.165, 1.54) is 6.42 Å². The van der Waals surface area contributed by atoms with Gasteiger partial charge in [0.1, 0.15) is 0 Å². The summed E-state index contributed by atoms with van der Waals surface area (Å²) < 4.78 is 1.05. The highest BCUT2D eigenvalue weighted by Crippen LogP contribution is 2.35. The Morgan fingerprint density at radius 3 is 2.77 bits per heavy atom. The van der Waals surface area contributed by atoms with Gasteiger partial charge in [0.25, 0.3) is 0 Å². The van der Waals surface area contributed by atoms with Crippen molar-refractivity contribution in [1.29, 1.82) is 0 Å². The molecule has 0 bridgehead atoms. The lowest BCUT2D eigenvalue weighted by atomic mass is 10.3. The minimum Gasteiger partial charge on any atom is -0.399 e. The summed E-state index contributed by atoms with van der Waals surface area (Å²) in [5, 5.41) is 3.46. The summed E-state index contributed by atoms with van der Waals surface area (Å²) in [7, 11) is 0. The fourth-order valence-corrected chi connectivity index (χ4v) is 1.88. The summed E-state index contributed by atoms with van der Waals surface area (Å²) in [4.78, 5) is 0. The molecule has 0 aromatic heterocycles. The van der Waals surface area contributed by atoms with Gasteiger partial charge < -0.3 is 11.1 Å². The SMILES string of the molecule is CC1CC1Nc1ccc(N)cc1Br. The van der Waals surface area contributed by atoms with Gasteiger partial charge in [-0.25, -0.2) is 0 Å². The number of benzene rings is 1. The van der Waals surface area contributed by atoms with E-state index >= 15 is 0 Å². The average molecular weight is 241 g/mol. The molecular weight excluding hydrogens is 228 g/mol. The summed E-state index contributed by atoms with van der Waals surface area (Å²) in [6, 6.07) is 6.51. The van der Waals surface area contributed by atoms with Gasteiger partial charge in [0.2, 0.25) is 0 Å². The molecule has 1 aliphatic carbocycles. The predicted molar refractivity (Wildman–Crippen MR) is 59.7 cm³/mol. The molecule has 0 aliphatic heterocycles. The Hall–Kier alpha value is -0.700. The number of anilines is 2. The Morgan fingerprint density at radius 1 is 1.54 bits per heavy atom. The lowest BCUT2D eigenvalue weighted by Gasteiger charge is -2.07. The zero-order valence-electron chi connectivity index (χ0n) is 7.55. The fraction of sp³-hybridized carbons (Fsp3) is 0.400. The third-order valence-electron chi connectivity index (χ3n) is 2.44. The number of halogens is 1. The molecule has 70 valence electrons. The highest BCUT2D eigenvalue weighted by Gasteiger charge is 2.32. The van der Waals surface area contributed by atoms with Crippen molar-refractivity contribution in [1.82, 2.24) is 0 Å². The summed E-state index contributed by atoms with van der Waals surface area (Å²) in [6.45, 7) is 2.25. The number of nitrogens with one attached hydrogen (secondary N) is 1. The minimum atomic E-state index is 0.653. The van der Waals surface area contributed by atoms with Crippen LogP contribution in [0.25, 0.3) is 0 Å². The molecule has 2 atom stereocenters. The largest absolute Gasteiger partial charge is 0.399 e. The molecule has 1 aromatic carbocycles. The first-order valence-electron chi connectivity index (χ1n) is 4.48. The molecule has 0 spiro atoms. The average Bonchev–Trinajstić information content (AvgIpc) is 2.73. The Bertz CT molecular complexity index is 325. The number of nitrogens with two attached hydrogens (primary N) is 1. The molecule has 0 radical (unpaired) electrons. The van der Waals surface area contributed by atoms with Crippen LogP contribution in [0.1, 0.15) is 13.3 Å². The molecule has 3 heteroatoms. The monoisotopic (exact) mass is 240 g/mol. The van der Waals surface area contributed by atoms with E-state index in [0.29, 0.717) is 6.04 Å². The topological polar surface area (TPSA) is 38.0 Å². The van der Waals surface area contributed by atoms with E-state index in [0.717, 1.165) is 21.8 Å². The molecule has 1 saturated carbocycles. The minimum absolute atomic E-state index is 0.653. The van der Waals surface area contributed by atoms with E-state index in [1.54, 1.807) is 0 Å². The van der Waals surface area contributed by atoms with E-state index < -0.39 is 0 Å². The standard InChI is InChI=1S/C10H13BrN2/c1-6-4-10(6)13-9-3-2-7(12)5-8(9)11/h2-3,5-6,10,13H,4,12H2,1H3. The van der Waals surface area contributed by atoms with Gasteiger partial charge in [-0.1, -0.05) is 6.92 Å². The molecule has 1 aromatic rings. The zero-order valence-corrected chi connectivity index (χ0v) is 9.14. The van der Waals surface area contributed by atoms with Crippen LogP contribution < -0.4 is 11.1 Å². The molecule has 1 aliphatic rings. The molecule has 0 saturated heterocycles. The fourth-order valence-electron chi connectivity index (χ4n) is 1.37. The van der Waals surface area contributed by atoms with E-state index in [9.17, 15) is 0 Å². The van der Waals surface area contributed by atoms with Crippen LogP contribution in [-0.4, -0.2) is 6.04 Å². The van der Waals surface area contributed by atoms with Crippen molar-refractivity contribution < 1.29 is 0 Å². The van der Waals surface area contributed by atoms with Crippen LogP contribution in [0, 0.1) is 5.92 Å². The van der Waals surface area contributed by atoms with Crippen LogP contribution in [0.2, 0.25) is 0 Å². The molecule has 2 rings (SSSR count). The first-order valence-corrected chi connectivity index (χ1v) is 5.27. The van der Waals surface area contributed by atoms with Crippen molar-refractivity contribution in [2.24, 2.45) is 5.92 Å². The van der Waals surface area contributed by atoms with Crippen LogP contribution in [0.4, 0.5) is 11.4 Å². The molecular formula is C10H13BrN2. The Kier molecular flexibility index (Phi) is 2.20. The normalized spacial score (nSPS) is 25.7. The second-order valence-electron chi connectivity index (χ2n) is 3.70. The van der Waals surface area contributed by atoms with E-state index in [1.807, 2.05) is 18.2 Å². The molecule has 2 nitrogen and oxygen atoms in total. The van der Waals surface area contributed by atoms with Crippen molar-refractivity contribution in [3.05, 3.63) is 22.7 Å². The van der Waals surface area contributed by atoms with Gasteiger partial charge in [-0.2, -0.15) is 0 Å². The van der Waals surface area contributed by atoms with Gasteiger partial charge in [-0.3, -0.25) is 0 Å². The second-order valence-corrected chi connectivity index (χ2v) is 4.56. The summed E-state index contributed by atoms with van der Waals surface area (Å²) in [5.41, 5.74) is 7.58. The van der Waals surface area contributed by atoms with Crippen molar-refractivity contribution in [2.75, 3.05) is 11.1 Å². The van der Waals surface area contributed by atoms with Crippen molar-refractivity contribution in [3.8, 4) is 0 Å². The summed E-state index contributed by atoms with van der Waals surface area (Å²) in [6.07, 6.45) is 1.27. The molecule has 0 heterocycles. The van der Waals surface area contributed by atoms with Crippen LogP contribution in [-0.2, 0) is 0 Å². The van der Waals surface area contributed by atoms with Crippen LogP contribution in [0.15, 0.2) is 22.7 Å². The molecule has 2 unspecified atom stereocenters. The maximum absolute atomic E-state index is 5.64. The van der Waals surface area contributed by atoms with Crippen molar-refractivity contribution >= 4 is 27.3 Å². The maximum Gasteiger partial charge on any atom is 0.0488 e. The highest BCUT2D eigenvalue weighted by atomic mass is 79.9. The van der Waals surface area contributed by atoms with Gasteiger partial charge in [-0.05, 0) is 46.5 Å². The summed E-state index contributed by atoms with van der Waals surface area (Å²) >= 11 is 3.48. The lowest BCUT2D eigenvalue weighted by molar-refractivity contribution is 0.929. The second kappa shape index (κ2) is 3.22. The predicted octanol–water partition coefficient (Wildman–Crippen LogP) is 2.85. The van der Waals surface area contributed by atoms with Gasteiger partial charge in [0, 0.05) is 21.9 Å². The van der Waals surface area contributed by atoms with Crippen LogP contribution >= 0.6 is 15.9 Å². The van der Waals surface area contributed by atoms with Crippen LogP contribution in [0.5, 0.6) is 0 Å². The number of hydrogen-bond donors (Lipinski definition) is 2. The first-order chi connectivity index (χ1) is 6.16. The zero-order chi connectivity index (χ0) is 9.42. The van der Waals surface area contributed by atoms with E-state index in [4.69, 9.17) is 5.73 Å². The summed E-state index contributed by atoms with van der Waals surface area (Å²) in [5.74, 6) is 0.810. The molecule has 0 amide bonds. The molecule has 13 heavy (non-hydrogen) atoms. The first kappa shape index (κ1) is 8.88. The number of nitrogen functional groups attached to an aromatic ring is 1.